The molecule has 0 aliphatic rings. The van der Waals surface area contributed by atoms with Gasteiger partial charge >= 0.3 is 0 Å². The van der Waals surface area contributed by atoms with Gasteiger partial charge in [0.2, 0.25) is 0 Å². The van der Waals surface area contributed by atoms with Crippen LogP contribution in [0.3, 0.4) is 0 Å². The molecule has 2 aromatic carbocycles. The van der Waals surface area contributed by atoms with Gasteiger partial charge < -0.3 is 15.4 Å². The van der Waals surface area contributed by atoms with Crippen LogP contribution in [0.1, 0.15) is 37.7 Å². The van der Waals surface area contributed by atoms with Gasteiger partial charge in [-0.2, -0.15) is 0 Å². The molecule has 0 saturated carbocycles. The Labute approximate surface area is 169 Å². The van der Waals surface area contributed by atoms with Crippen molar-refractivity contribution in [2.45, 2.75) is 20.4 Å². The minimum atomic E-state index is -0.365. The molecule has 0 bridgehead atoms. The van der Waals surface area contributed by atoms with E-state index < -0.39 is 0 Å². The van der Waals surface area contributed by atoms with Crippen LogP contribution in [0.25, 0.3) is 0 Å². The molecule has 0 aliphatic heterocycles. The number of anilines is 1. The summed E-state index contributed by atoms with van der Waals surface area (Å²) in [5.41, 5.74) is 4.00. The normalized spacial score (nSPS) is 10.3. The molecule has 148 valence electrons. The lowest BCUT2D eigenvalue weighted by Gasteiger charge is -2.11. The summed E-state index contributed by atoms with van der Waals surface area (Å²) in [7, 11) is 1.58. The molecule has 3 aromatic rings. The molecule has 0 radical (unpaired) electrons. The summed E-state index contributed by atoms with van der Waals surface area (Å²) in [5.74, 6) is -0.0317. The summed E-state index contributed by atoms with van der Waals surface area (Å²) in [4.78, 5) is 29.3. The average molecular weight is 389 g/mol. The molecule has 0 atom stereocenters. The molecular formula is C23H23N3O3. The molecule has 29 heavy (non-hydrogen) atoms. The lowest BCUT2D eigenvalue weighted by atomic mass is 10.1. The number of nitrogens with zero attached hydrogens (tertiary/aromatic N) is 1. The third-order valence-electron chi connectivity index (χ3n) is 4.48. The molecule has 0 aliphatic carbocycles. The molecule has 1 heterocycles. The smallest absolute Gasteiger partial charge is 0.274 e. The average Bonchev–Trinajstić information content (AvgIpc) is 2.74. The number of para-hydroxylation sites is 1. The van der Waals surface area contributed by atoms with E-state index in [2.05, 4.69) is 15.6 Å². The number of aromatic nitrogens is 1. The molecule has 0 fully saturated rings. The first kappa shape index (κ1) is 20.1. The van der Waals surface area contributed by atoms with E-state index >= 15 is 0 Å². The number of rotatable bonds is 6. The fraction of sp³-hybridized carbons (Fsp3) is 0.174. The highest BCUT2D eigenvalue weighted by Crippen LogP contribution is 2.18. The Kier molecular flexibility index (Phi) is 6.24. The first-order valence-electron chi connectivity index (χ1n) is 9.23. The van der Waals surface area contributed by atoms with Gasteiger partial charge in [0.15, 0.2) is 0 Å². The zero-order valence-electron chi connectivity index (χ0n) is 16.7. The number of hydrogen-bond donors (Lipinski definition) is 2. The van der Waals surface area contributed by atoms with Gasteiger partial charge in [-0.25, -0.2) is 4.98 Å². The predicted octanol–water partition coefficient (Wildman–Crippen LogP) is 3.89. The Hall–Kier alpha value is -3.67. The minimum Gasteiger partial charge on any atom is -0.496 e. The summed E-state index contributed by atoms with van der Waals surface area (Å²) < 4.78 is 5.29. The highest BCUT2D eigenvalue weighted by molar-refractivity contribution is 6.04. The zero-order valence-corrected chi connectivity index (χ0v) is 16.7. The molecule has 3 rings (SSSR count). The van der Waals surface area contributed by atoms with Gasteiger partial charge in [0.1, 0.15) is 17.1 Å². The van der Waals surface area contributed by atoms with Crippen LogP contribution in [-0.2, 0) is 6.54 Å². The van der Waals surface area contributed by atoms with E-state index in [0.717, 1.165) is 16.7 Å². The van der Waals surface area contributed by atoms with Crippen LogP contribution in [0.15, 0.2) is 60.7 Å². The molecule has 6 heteroatoms. The fourth-order valence-corrected chi connectivity index (χ4v) is 2.94. The molecule has 2 N–H and O–H groups in total. The zero-order chi connectivity index (χ0) is 20.8. The second-order valence-electron chi connectivity index (χ2n) is 6.68. The number of hydrogen-bond acceptors (Lipinski definition) is 4. The Morgan fingerprint density at radius 2 is 1.66 bits per heavy atom. The van der Waals surface area contributed by atoms with Crippen LogP contribution >= 0.6 is 0 Å². The van der Waals surface area contributed by atoms with Crippen molar-refractivity contribution in [1.29, 1.82) is 0 Å². The van der Waals surface area contributed by atoms with Gasteiger partial charge in [-0.1, -0.05) is 42.0 Å². The number of carbonyl (C=O) groups excluding carboxylic acids is 2. The van der Waals surface area contributed by atoms with Gasteiger partial charge in [0.05, 0.1) is 7.11 Å². The van der Waals surface area contributed by atoms with E-state index in [0.29, 0.717) is 18.0 Å². The fourth-order valence-electron chi connectivity index (χ4n) is 2.94. The van der Waals surface area contributed by atoms with Gasteiger partial charge in [-0.15, -0.1) is 0 Å². The quantitative estimate of drug-likeness (QED) is 0.670. The first-order valence-corrected chi connectivity index (χ1v) is 9.23. The number of aryl methyl sites for hydroxylation is 2. The van der Waals surface area contributed by atoms with E-state index in [4.69, 9.17) is 4.74 Å². The van der Waals surface area contributed by atoms with E-state index in [1.807, 2.05) is 56.3 Å². The van der Waals surface area contributed by atoms with Crippen molar-refractivity contribution in [3.05, 3.63) is 88.7 Å². The molecule has 0 unspecified atom stereocenters. The summed E-state index contributed by atoms with van der Waals surface area (Å²) in [6, 6.07) is 18.0. The summed E-state index contributed by atoms with van der Waals surface area (Å²) in [6.45, 7) is 4.22. The largest absolute Gasteiger partial charge is 0.496 e. The number of nitrogens with one attached hydrogen (secondary N) is 2. The van der Waals surface area contributed by atoms with Crippen LogP contribution in [0.4, 0.5) is 5.69 Å². The number of methoxy groups -OCH3 is 1. The lowest BCUT2D eigenvalue weighted by molar-refractivity contribution is 0.0945. The second-order valence-corrected chi connectivity index (χ2v) is 6.68. The Bertz CT molecular complexity index is 1050. The second kappa shape index (κ2) is 9.01. The first-order chi connectivity index (χ1) is 14.0. The number of benzene rings is 2. The van der Waals surface area contributed by atoms with Crippen molar-refractivity contribution < 1.29 is 14.3 Å². The van der Waals surface area contributed by atoms with Crippen molar-refractivity contribution >= 4 is 17.5 Å². The number of pyridine rings is 1. The summed E-state index contributed by atoms with van der Waals surface area (Å²) in [5, 5.41) is 5.65. The summed E-state index contributed by atoms with van der Waals surface area (Å²) in [6.07, 6.45) is 0. The molecule has 0 spiro atoms. The maximum Gasteiger partial charge on any atom is 0.274 e. The van der Waals surface area contributed by atoms with Crippen LogP contribution in [0, 0.1) is 13.8 Å². The van der Waals surface area contributed by atoms with Gasteiger partial charge in [-0.3, -0.25) is 9.59 Å². The Balaban J connectivity index is 1.69. The van der Waals surface area contributed by atoms with Gasteiger partial charge in [-0.05, 0) is 43.7 Å². The maximum absolute atomic E-state index is 12.6. The van der Waals surface area contributed by atoms with Crippen molar-refractivity contribution in [2.75, 3.05) is 12.4 Å². The molecular weight excluding hydrogens is 366 g/mol. The standard InChI is InChI=1S/C23H23N3O3/c1-15-11-12-18(16(2)13-15)26-23(28)20-9-6-8-19(25-20)22(27)24-14-17-7-4-5-10-21(17)29-3/h4-13H,14H2,1-3H3,(H,24,27)(H,26,28). The molecule has 6 nitrogen and oxygen atoms in total. The number of amides is 2. The molecule has 2 amide bonds. The third-order valence-corrected chi connectivity index (χ3v) is 4.48. The third kappa shape index (κ3) is 4.99. The van der Waals surface area contributed by atoms with E-state index in [-0.39, 0.29) is 23.2 Å². The van der Waals surface area contributed by atoms with Crippen LogP contribution in [0.2, 0.25) is 0 Å². The van der Waals surface area contributed by atoms with Crippen molar-refractivity contribution in [3.8, 4) is 5.75 Å². The highest BCUT2D eigenvalue weighted by atomic mass is 16.5. The van der Waals surface area contributed by atoms with E-state index in [1.165, 1.54) is 0 Å². The predicted molar refractivity (Wildman–Crippen MR) is 112 cm³/mol. The molecule has 1 aromatic heterocycles. The minimum absolute atomic E-state index is 0.174. The van der Waals surface area contributed by atoms with Gasteiger partial charge in [0, 0.05) is 17.8 Å². The topological polar surface area (TPSA) is 80.3 Å². The summed E-state index contributed by atoms with van der Waals surface area (Å²) >= 11 is 0. The maximum atomic E-state index is 12.6. The monoisotopic (exact) mass is 389 g/mol. The van der Waals surface area contributed by atoms with Crippen LogP contribution < -0.4 is 15.4 Å². The van der Waals surface area contributed by atoms with Crippen LogP contribution in [-0.4, -0.2) is 23.9 Å². The number of ether oxygens (including phenoxy) is 1. The van der Waals surface area contributed by atoms with Crippen molar-refractivity contribution in [2.24, 2.45) is 0 Å². The number of carbonyl (C=O) groups is 2. The van der Waals surface area contributed by atoms with E-state index in [1.54, 1.807) is 25.3 Å². The Morgan fingerprint density at radius 1 is 0.931 bits per heavy atom. The van der Waals surface area contributed by atoms with Crippen molar-refractivity contribution in [1.82, 2.24) is 10.3 Å². The van der Waals surface area contributed by atoms with E-state index in [9.17, 15) is 9.59 Å². The SMILES string of the molecule is COc1ccccc1CNC(=O)c1cccc(C(=O)Nc2ccc(C)cc2C)n1. The van der Waals surface area contributed by atoms with Gasteiger partial charge in [0.25, 0.3) is 11.8 Å². The molecule has 0 saturated heterocycles. The van der Waals surface area contributed by atoms with Crippen LogP contribution in [0.5, 0.6) is 5.75 Å². The van der Waals surface area contributed by atoms with Crippen molar-refractivity contribution in [3.63, 3.8) is 0 Å². The highest BCUT2D eigenvalue weighted by Gasteiger charge is 2.14. The Morgan fingerprint density at radius 3 is 2.38 bits per heavy atom. The lowest BCUT2D eigenvalue weighted by Crippen LogP contribution is -2.25.